The van der Waals surface area contributed by atoms with E-state index in [1.54, 1.807) is 7.05 Å². The summed E-state index contributed by atoms with van der Waals surface area (Å²) in [6, 6.07) is 4.16. The van der Waals surface area contributed by atoms with Gasteiger partial charge in [-0.05, 0) is 34.1 Å². The van der Waals surface area contributed by atoms with Crippen LogP contribution in [0.1, 0.15) is 10.4 Å². The predicted octanol–water partition coefficient (Wildman–Crippen LogP) is 1.68. The van der Waals surface area contributed by atoms with E-state index >= 15 is 0 Å². The number of aromatic carboxylic acids is 1. The standard InChI is InChI=1S/C11H10BrN3O4S/c1-15-6-8(5-13-15)20(18,19)14-7-2-3-10(12)9(4-7)11(16)17/h2-6,14H,1H3,(H,16,17). The lowest BCUT2D eigenvalue weighted by Gasteiger charge is -2.08. The normalized spacial score (nSPS) is 11.3. The number of rotatable bonds is 4. The SMILES string of the molecule is Cn1cc(S(=O)(=O)Nc2ccc(Br)c(C(=O)O)c2)cn1. The van der Waals surface area contributed by atoms with Crippen molar-refractivity contribution >= 4 is 37.6 Å². The van der Waals surface area contributed by atoms with Crippen molar-refractivity contribution in [2.75, 3.05) is 4.72 Å². The molecular formula is C11H10BrN3O4S. The number of hydrogen-bond acceptors (Lipinski definition) is 4. The highest BCUT2D eigenvalue weighted by atomic mass is 79.9. The van der Waals surface area contributed by atoms with Gasteiger partial charge in [0.25, 0.3) is 10.0 Å². The second-order valence-electron chi connectivity index (χ2n) is 3.95. The molecule has 0 fully saturated rings. The second-order valence-corrected chi connectivity index (χ2v) is 6.49. The van der Waals surface area contributed by atoms with E-state index in [1.807, 2.05) is 0 Å². The molecule has 1 aromatic heterocycles. The Morgan fingerprint density at radius 2 is 2.15 bits per heavy atom. The van der Waals surface area contributed by atoms with Crippen LogP contribution in [0.5, 0.6) is 0 Å². The largest absolute Gasteiger partial charge is 0.478 e. The highest BCUT2D eigenvalue weighted by molar-refractivity contribution is 9.10. The monoisotopic (exact) mass is 359 g/mol. The fourth-order valence-electron chi connectivity index (χ4n) is 1.50. The lowest BCUT2D eigenvalue weighted by molar-refractivity contribution is 0.0696. The summed E-state index contributed by atoms with van der Waals surface area (Å²) in [6.07, 6.45) is 2.55. The molecule has 2 rings (SSSR count). The number of anilines is 1. The number of carboxylic acid groups (broad SMARTS) is 1. The molecule has 0 atom stereocenters. The number of benzene rings is 1. The Kier molecular flexibility index (Phi) is 3.82. The molecule has 7 nitrogen and oxygen atoms in total. The van der Waals surface area contributed by atoms with Crippen molar-refractivity contribution < 1.29 is 18.3 Å². The zero-order valence-electron chi connectivity index (χ0n) is 10.2. The van der Waals surface area contributed by atoms with Crippen molar-refractivity contribution in [2.45, 2.75) is 4.90 Å². The molecule has 0 bridgehead atoms. The van der Waals surface area contributed by atoms with Crippen LogP contribution in [0.2, 0.25) is 0 Å². The van der Waals surface area contributed by atoms with Gasteiger partial charge in [0.15, 0.2) is 0 Å². The molecule has 1 heterocycles. The van der Waals surface area contributed by atoms with Gasteiger partial charge in [0.1, 0.15) is 4.90 Å². The van der Waals surface area contributed by atoms with Crippen molar-refractivity contribution in [1.29, 1.82) is 0 Å². The number of sulfonamides is 1. The Morgan fingerprint density at radius 3 is 2.70 bits per heavy atom. The Balaban J connectivity index is 2.35. The molecule has 0 aliphatic carbocycles. The number of hydrogen-bond donors (Lipinski definition) is 2. The van der Waals surface area contributed by atoms with Gasteiger partial charge in [-0.15, -0.1) is 0 Å². The number of aryl methyl sites for hydroxylation is 1. The molecule has 0 aliphatic rings. The fraction of sp³-hybridized carbons (Fsp3) is 0.0909. The second kappa shape index (κ2) is 5.25. The van der Waals surface area contributed by atoms with E-state index in [2.05, 4.69) is 25.8 Å². The summed E-state index contributed by atoms with van der Waals surface area (Å²) < 4.78 is 28.1. The van der Waals surface area contributed by atoms with Crippen LogP contribution in [0, 0.1) is 0 Å². The van der Waals surface area contributed by atoms with Gasteiger partial charge >= 0.3 is 5.97 Å². The number of halogens is 1. The van der Waals surface area contributed by atoms with Gasteiger partial charge in [-0.1, -0.05) is 0 Å². The van der Waals surface area contributed by atoms with Crippen molar-refractivity contribution in [2.24, 2.45) is 7.05 Å². The number of nitrogens with one attached hydrogen (secondary N) is 1. The van der Waals surface area contributed by atoms with Crippen molar-refractivity contribution in [3.63, 3.8) is 0 Å². The van der Waals surface area contributed by atoms with Gasteiger partial charge in [0.2, 0.25) is 0 Å². The minimum Gasteiger partial charge on any atom is -0.478 e. The molecule has 1 aromatic carbocycles. The number of carboxylic acids is 1. The van der Waals surface area contributed by atoms with Gasteiger partial charge < -0.3 is 5.11 Å². The van der Waals surface area contributed by atoms with E-state index in [4.69, 9.17) is 5.11 Å². The van der Waals surface area contributed by atoms with Crippen LogP contribution in [-0.2, 0) is 17.1 Å². The quantitative estimate of drug-likeness (QED) is 0.864. The molecule has 106 valence electrons. The zero-order chi connectivity index (χ0) is 14.9. The third kappa shape index (κ3) is 2.99. The zero-order valence-corrected chi connectivity index (χ0v) is 12.6. The lowest BCUT2D eigenvalue weighted by Crippen LogP contribution is -2.13. The van der Waals surface area contributed by atoms with Crippen LogP contribution in [0.3, 0.4) is 0 Å². The minimum absolute atomic E-state index is 0.000191. The summed E-state index contributed by atoms with van der Waals surface area (Å²) in [5.41, 5.74) is 0.130. The first-order valence-electron chi connectivity index (χ1n) is 5.34. The van der Waals surface area contributed by atoms with Crippen molar-refractivity contribution in [1.82, 2.24) is 9.78 Å². The molecular weight excluding hydrogens is 350 g/mol. The Morgan fingerprint density at radius 1 is 1.45 bits per heavy atom. The summed E-state index contributed by atoms with van der Waals surface area (Å²) in [7, 11) is -2.19. The summed E-state index contributed by atoms with van der Waals surface area (Å²) in [5.74, 6) is -1.15. The first kappa shape index (κ1) is 14.5. The molecule has 0 radical (unpaired) electrons. The molecule has 2 N–H and O–H groups in total. The van der Waals surface area contributed by atoms with Crippen molar-refractivity contribution in [3.8, 4) is 0 Å². The van der Waals surface area contributed by atoms with E-state index in [1.165, 1.54) is 35.3 Å². The highest BCUT2D eigenvalue weighted by Gasteiger charge is 2.17. The number of aromatic nitrogens is 2. The van der Waals surface area contributed by atoms with E-state index in [0.29, 0.717) is 4.47 Å². The predicted molar refractivity (Wildman–Crippen MR) is 75.1 cm³/mol. The van der Waals surface area contributed by atoms with Crippen LogP contribution in [0.15, 0.2) is 40.0 Å². The number of nitrogens with zero attached hydrogens (tertiary/aromatic N) is 2. The number of carbonyl (C=O) groups is 1. The maximum absolute atomic E-state index is 12.1. The third-order valence-corrected chi connectivity index (χ3v) is 4.47. The van der Waals surface area contributed by atoms with E-state index in [9.17, 15) is 13.2 Å². The summed E-state index contributed by atoms with van der Waals surface area (Å²) in [5, 5.41) is 12.8. The van der Waals surface area contributed by atoms with E-state index < -0.39 is 16.0 Å². The van der Waals surface area contributed by atoms with Crippen LogP contribution < -0.4 is 4.72 Å². The lowest BCUT2D eigenvalue weighted by atomic mass is 10.2. The molecule has 0 spiro atoms. The Hall–Kier alpha value is -1.87. The average molecular weight is 360 g/mol. The molecule has 20 heavy (non-hydrogen) atoms. The maximum Gasteiger partial charge on any atom is 0.336 e. The molecule has 2 aromatic rings. The first-order valence-corrected chi connectivity index (χ1v) is 7.61. The summed E-state index contributed by atoms with van der Waals surface area (Å²) in [4.78, 5) is 11.0. The fourth-order valence-corrected chi connectivity index (χ4v) is 2.95. The molecule has 0 saturated heterocycles. The summed E-state index contributed by atoms with van der Waals surface area (Å²) >= 11 is 3.09. The highest BCUT2D eigenvalue weighted by Crippen LogP contribution is 2.23. The molecule has 9 heteroatoms. The van der Waals surface area contributed by atoms with Crippen LogP contribution in [0.25, 0.3) is 0 Å². The van der Waals surface area contributed by atoms with E-state index in [-0.39, 0.29) is 16.1 Å². The van der Waals surface area contributed by atoms with E-state index in [0.717, 1.165) is 0 Å². The van der Waals surface area contributed by atoms with Gasteiger partial charge in [-0.3, -0.25) is 9.40 Å². The minimum atomic E-state index is -3.79. The maximum atomic E-state index is 12.1. The van der Waals surface area contributed by atoms with Crippen LogP contribution in [-0.4, -0.2) is 29.3 Å². The third-order valence-electron chi connectivity index (χ3n) is 2.44. The van der Waals surface area contributed by atoms with Gasteiger partial charge in [-0.25, -0.2) is 13.2 Å². The molecule has 0 saturated carbocycles. The van der Waals surface area contributed by atoms with Crippen LogP contribution in [0.4, 0.5) is 5.69 Å². The van der Waals surface area contributed by atoms with Gasteiger partial charge in [-0.2, -0.15) is 5.10 Å². The average Bonchev–Trinajstić information content (AvgIpc) is 2.78. The van der Waals surface area contributed by atoms with Gasteiger partial charge in [0.05, 0.1) is 11.8 Å². The van der Waals surface area contributed by atoms with Crippen molar-refractivity contribution in [3.05, 3.63) is 40.6 Å². The Labute approximate surface area is 123 Å². The van der Waals surface area contributed by atoms with Crippen LogP contribution >= 0.6 is 15.9 Å². The topological polar surface area (TPSA) is 101 Å². The molecule has 0 amide bonds. The first-order chi connectivity index (χ1) is 9.29. The Bertz CT molecular complexity index is 770. The smallest absolute Gasteiger partial charge is 0.336 e. The molecule has 0 unspecified atom stereocenters. The van der Waals surface area contributed by atoms with Gasteiger partial charge in [0, 0.05) is 23.4 Å². The molecule has 0 aliphatic heterocycles. The summed E-state index contributed by atoms with van der Waals surface area (Å²) in [6.45, 7) is 0.